The van der Waals surface area contributed by atoms with Crippen molar-refractivity contribution in [3.8, 4) is 0 Å². The quantitative estimate of drug-likeness (QED) is 0.606. The molecule has 0 unspecified atom stereocenters. The van der Waals surface area contributed by atoms with Crippen LogP contribution in [0.25, 0.3) is 0 Å². The Hall–Kier alpha value is -0.160. The first kappa shape index (κ1) is 59.4. The third-order valence-electron chi connectivity index (χ3n) is 0. The van der Waals surface area contributed by atoms with Crippen LogP contribution in [0.4, 0.5) is 0 Å². The summed E-state index contributed by atoms with van der Waals surface area (Å²) in [5, 5.41) is 2.75. The third kappa shape index (κ3) is 30000. The van der Waals surface area contributed by atoms with E-state index in [0.29, 0.717) is 0 Å². The molecule has 4 heteroatoms. The molecule has 0 aromatic rings. The molecule has 0 rings (SSSR count). The summed E-state index contributed by atoms with van der Waals surface area (Å²) in [6.45, 7) is 12.0. The van der Waals surface area contributed by atoms with Crippen molar-refractivity contribution in [3.63, 3.8) is 0 Å². The lowest BCUT2D eigenvalue weighted by atomic mass is 11.0. The van der Waals surface area contributed by atoms with Crippen LogP contribution in [0, 0.1) is 0 Å². The molecule has 0 aliphatic heterocycles. The van der Waals surface area contributed by atoms with Gasteiger partial charge in [0, 0.05) is 0 Å². The lowest BCUT2D eigenvalue weighted by Gasteiger charge is -1.59. The second-order valence-corrected chi connectivity index (χ2v) is 0.500. The zero-order valence-electron chi connectivity index (χ0n) is 10.1. The molecular formula is C8H30N2O2-2. The van der Waals surface area contributed by atoms with Gasteiger partial charge in [0.25, 0.3) is 0 Å². The van der Waals surface area contributed by atoms with Crippen LogP contribution in [0.3, 0.4) is 0 Å². The molecule has 0 radical (unpaired) electrons. The molecule has 6 N–H and O–H groups in total. The highest BCUT2D eigenvalue weighted by atomic mass is 16.0. The van der Waals surface area contributed by atoms with E-state index in [1.807, 2.05) is 55.6 Å². The average molecular weight is 186 g/mol. The van der Waals surface area contributed by atoms with Gasteiger partial charge in [0.05, 0.1) is 0 Å². The van der Waals surface area contributed by atoms with Gasteiger partial charge in [-0.25, -0.2) is 0 Å². The highest BCUT2D eigenvalue weighted by Gasteiger charge is 1.25. The molecule has 12 heavy (non-hydrogen) atoms. The second-order valence-electron chi connectivity index (χ2n) is 0.500. The summed E-state index contributed by atoms with van der Waals surface area (Å²) in [5.74, 6) is 0. The Balaban J connectivity index is -0.00000000522. The summed E-state index contributed by atoms with van der Waals surface area (Å²) in [4.78, 5) is 0. The zero-order chi connectivity index (χ0) is 8.71. The third-order valence-corrected chi connectivity index (χ3v) is 0. The molecule has 0 bridgehead atoms. The zero-order valence-corrected chi connectivity index (χ0v) is 10.1. The van der Waals surface area contributed by atoms with Gasteiger partial charge < -0.3 is 22.4 Å². The molecule has 0 amide bonds. The second kappa shape index (κ2) is 1490. The number of hydrogen-bond donors (Lipinski definition) is 2. The van der Waals surface area contributed by atoms with Gasteiger partial charge >= 0.3 is 0 Å². The first-order valence-corrected chi connectivity index (χ1v) is 4.00. The van der Waals surface area contributed by atoms with Crippen molar-refractivity contribution >= 4 is 0 Å². The lowest BCUT2D eigenvalue weighted by molar-refractivity contribution is 0.823. The van der Waals surface area contributed by atoms with Crippen LogP contribution in [-0.4, -0.2) is 25.0 Å². The minimum Gasteiger partial charge on any atom is -0.870 e. The van der Waals surface area contributed by atoms with Crippen LogP contribution in [0.15, 0.2) is 0 Å². The van der Waals surface area contributed by atoms with Crippen molar-refractivity contribution in [2.24, 2.45) is 0 Å². The lowest BCUT2D eigenvalue weighted by Crippen LogP contribution is -1.89. The Morgan fingerprint density at radius 3 is 0.583 bits per heavy atom. The number of hydrogen-bond acceptors (Lipinski definition) is 4. The Bertz CT molecular complexity index is 15.0. The molecule has 0 heterocycles. The van der Waals surface area contributed by atoms with Crippen molar-refractivity contribution in [2.45, 2.75) is 41.5 Å². The van der Waals surface area contributed by atoms with Crippen LogP contribution in [0.1, 0.15) is 41.5 Å². The molecule has 0 aromatic carbocycles. The van der Waals surface area contributed by atoms with Crippen LogP contribution in [0.5, 0.6) is 0 Å². The van der Waals surface area contributed by atoms with E-state index in [-0.39, 0.29) is 17.1 Å². The average Bonchev–Trinajstić information content (AvgIpc) is 2.01. The molecule has 0 spiro atoms. The maximum atomic E-state index is 2.75. The minimum atomic E-state index is 0. The van der Waals surface area contributed by atoms with Crippen LogP contribution in [0.2, 0.25) is 0 Å². The fourth-order valence-corrected chi connectivity index (χ4v) is 0. The molecule has 4 nitrogen and oxygen atoms in total. The SMILES string of the molecule is CC.CC.CC.CNC.N.[OH-].[OH-]. The minimum absolute atomic E-state index is 0. The first-order valence-electron chi connectivity index (χ1n) is 4.00. The van der Waals surface area contributed by atoms with E-state index in [2.05, 4.69) is 5.32 Å². The van der Waals surface area contributed by atoms with E-state index in [1.54, 1.807) is 0 Å². The summed E-state index contributed by atoms with van der Waals surface area (Å²) < 4.78 is 0. The molecule has 0 saturated carbocycles. The summed E-state index contributed by atoms with van der Waals surface area (Å²) in [6.07, 6.45) is 0. The monoisotopic (exact) mass is 186 g/mol. The van der Waals surface area contributed by atoms with Gasteiger partial charge in [-0.3, -0.25) is 0 Å². The smallest absolute Gasteiger partial charge is 0.0167 e. The summed E-state index contributed by atoms with van der Waals surface area (Å²) in [6, 6.07) is 0. The predicted octanol–water partition coefficient (Wildman–Crippen LogP) is 2.72. The first-order chi connectivity index (χ1) is 4.41. The highest BCUT2D eigenvalue weighted by molar-refractivity contribution is 3.91. The fourth-order valence-electron chi connectivity index (χ4n) is 0. The molecule has 0 aliphatic carbocycles. The summed E-state index contributed by atoms with van der Waals surface area (Å²) >= 11 is 0. The maximum absolute atomic E-state index is 2.75. The molecule has 0 atom stereocenters. The van der Waals surface area contributed by atoms with Crippen LogP contribution in [-0.2, 0) is 0 Å². The van der Waals surface area contributed by atoms with E-state index in [4.69, 9.17) is 0 Å². The highest BCUT2D eigenvalue weighted by Crippen LogP contribution is 1.15. The van der Waals surface area contributed by atoms with E-state index in [9.17, 15) is 0 Å². The number of nitrogens with one attached hydrogen (secondary N) is 1. The van der Waals surface area contributed by atoms with E-state index >= 15 is 0 Å². The van der Waals surface area contributed by atoms with Gasteiger partial charge in [-0.15, -0.1) is 0 Å². The Morgan fingerprint density at radius 1 is 0.583 bits per heavy atom. The standard InChI is InChI=1S/C2H7N.3C2H6.H3N.2H2O/c1-3-2;3*1-2;;;/h3H,1-2H3;3*1-2H3;1H3;2*1H2/p-2. The normalized spacial score (nSPS) is 3.00. The Kier molecular flexibility index (Phi) is 7360. The largest absolute Gasteiger partial charge is 0.870 e. The van der Waals surface area contributed by atoms with Gasteiger partial charge in [0.15, 0.2) is 0 Å². The molecular weight excluding hydrogens is 156 g/mol. The molecule has 0 aromatic heterocycles. The van der Waals surface area contributed by atoms with Crippen molar-refractivity contribution < 1.29 is 11.0 Å². The van der Waals surface area contributed by atoms with E-state index in [0.717, 1.165) is 0 Å². The summed E-state index contributed by atoms with van der Waals surface area (Å²) in [5.41, 5.74) is 0. The molecule has 86 valence electrons. The predicted molar refractivity (Wildman–Crippen MR) is 57.9 cm³/mol. The van der Waals surface area contributed by atoms with Crippen molar-refractivity contribution in [1.29, 1.82) is 0 Å². The molecule has 0 saturated heterocycles. The van der Waals surface area contributed by atoms with Gasteiger partial charge in [0.1, 0.15) is 0 Å². The molecule has 0 fully saturated rings. The van der Waals surface area contributed by atoms with Crippen molar-refractivity contribution in [2.75, 3.05) is 14.1 Å². The molecule has 0 aliphatic rings. The Morgan fingerprint density at radius 2 is 0.583 bits per heavy atom. The van der Waals surface area contributed by atoms with E-state index in [1.165, 1.54) is 0 Å². The number of rotatable bonds is 0. The maximum Gasteiger partial charge on any atom is -0.0167 e. The van der Waals surface area contributed by atoms with Gasteiger partial charge in [-0.1, -0.05) is 41.5 Å². The van der Waals surface area contributed by atoms with E-state index < -0.39 is 0 Å². The van der Waals surface area contributed by atoms with Gasteiger partial charge in [0.2, 0.25) is 0 Å². The van der Waals surface area contributed by atoms with Gasteiger partial charge in [-0.05, 0) is 14.1 Å². The van der Waals surface area contributed by atoms with Crippen molar-refractivity contribution in [3.05, 3.63) is 0 Å². The van der Waals surface area contributed by atoms with Crippen molar-refractivity contribution in [1.82, 2.24) is 11.5 Å². The van der Waals surface area contributed by atoms with Crippen LogP contribution < -0.4 is 11.5 Å². The fraction of sp³-hybridized carbons (Fsp3) is 1.00. The van der Waals surface area contributed by atoms with Crippen LogP contribution >= 0.6 is 0 Å². The Labute approximate surface area is 79.0 Å². The van der Waals surface area contributed by atoms with Gasteiger partial charge in [-0.2, -0.15) is 0 Å². The summed E-state index contributed by atoms with van der Waals surface area (Å²) in [7, 11) is 3.75. The topological polar surface area (TPSA) is 107 Å².